The van der Waals surface area contributed by atoms with Gasteiger partial charge in [0.05, 0.1) is 16.8 Å². The summed E-state index contributed by atoms with van der Waals surface area (Å²) in [6, 6.07) is 7.60. The number of aromatic nitrogens is 2. The van der Waals surface area contributed by atoms with Gasteiger partial charge in [0.15, 0.2) is 5.16 Å². The number of aryl methyl sites for hydroxylation is 1. The van der Waals surface area contributed by atoms with Crippen molar-refractivity contribution in [1.29, 1.82) is 0 Å². The maximum atomic E-state index is 12.7. The molecule has 27 heavy (non-hydrogen) atoms. The van der Waals surface area contributed by atoms with Crippen LogP contribution in [0, 0.1) is 5.92 Å². The Hall–Kier alpha value is -2.02. The van der Waals surface area contributed by atoms with E-state index in [-0.39, 0.29) is 11.7 Å². The highest BCUT2D eigenvalue weighted by atomic mass is 32.2. The molecule has 1 fully saturated rings. The van der Waals surface area contributed by atoms with Crippen LogP contribution in [0.3, 0.4) is 0 Å². The summed E-state index contributed by atoms with van der Waals surface area (Å²) < 4.78 is 2.20. The van der Waals surface area contributed by atoms with Crippen molar-refractivity contribution in [2.75, 3.05) is 12.3 Å². The number of primary amides is 1. The molecule has 0 radical (unpaired) electrons. The van der Waals surface area contributed by atoms with Gasteiger partial charge in [0, 0.05) is 13.1 Å². The van der Waals surface area contributed by atoms with Crippen molar-refractivity contribution in [2.45, 2.75) is 57.3 Å². The topological polar surface area (TPSA) is 81.2 Å². The molecule has 2 aromatic rings. The van der Waals surface area contributed by atoms with Crippen molar-refractivity contribution in [3.05, 3.63) is 24.3 Å². The lowest BCUT2D eigenvalue weighted by molar-refractivity contribution is -0.138. The van der Waals surface area contributed by atoms with Crippen molar-refractivity contribution in [3.63, 3.8) is 0 Å². The zero-order chi connectivity index (χ0) is 19.4. The van der Waals surface area contributed by atoms with E-state index in [4.69, 9.17) is 10.7 Å². The number of carbonyl (C=O) groups excluding carboxylic acids is 2. The number of para-hydroxylation sites is 2. The first-order valence-electron chi connectivity index (χ1n) is 9.64. The van der Waals surface area contributed by atoms with E-state index in [2.05, 4.69) is 24.5 Å². The number of carbonyl (C=O) groups is 2. The Balaban J connectivity index is 1.74. The van der Waals surface area contributed by atoms with Gasteiger partial charge in [-0.1, -0.05) is 37.7 Å². The Morgan fingerprint density at radius 1 is 1.30 bits per heavy atom. The van der Waals surface area contributed by atoms with Crippen LogP contribution >= 0.6 is 11.8 Å². The van der Waals surface area contributed by atoms with Crippen LogP contribution in [0.1, 0.15) is 39.5 Å². The zero-order valence-electron chi connectivity index (χ0n) is 16.1. The van der Waals surface area contributed by atoms with E-state index in [1.54, 1.807) is 4.90 Å². The van der Waals surface area contributed by atoms with Gasteiger partial charge in [-0.3, -0.25) is 9.59 Å². The Morgan fingerprint density at radius 2 is 2.07 bits per heavy atom. The first-order chi connectivity index (χ1) is 13.0. The molecular formula is C20H28N4O2S. The number of piperidine rings is 1. The van der Waals surface area contributed by atoms with E-state index in [1.165, 1.54) is 11.8 Å². The summed E-state index contributed by atoms with van der Waals surface area (Å²) in [5.74, 6) is 0.424. The third-order valence-corrected chi connectivity index (χ3v) is 5.99. The molecule has 2 amide bonds. The van der Waals surface area contributed by atoms with E-state index < -0.39 is 11.9 Å². The van der Waals surface area contributed by atoms with Gasteiger partial charge in [0.25, 0.3) is 0 Å². The van der Waals surface area contributed by atoms with Gasteiger partial charge in [-0.2, -0.15) is 0 Å². The molecular weight excluding hydrogens is 360 g/mol. The first-order valence-corrected chi connectivity index (χ1v) is 10.6. The monoisotopic (exact) mass is 388 g/mol. The highest BCUT2D eigenvalue weighted by Gasteiger charge is 2.30. The van der Waals surface area contributed by atoms with Crippen LogP contribution < -0.4 is 5.73 Å². The number of likely N-dealkylation sites (tertiary alicyclic amines) is 1. The van der Waals surface area contributed by atoms with Crippen LogP contribution in [0.25, 0.3) is 11.0 Å². The quantitative estimate of drug-likeness (QED) is 0.739. The molecule has 0 aliphatic carbocycles. The Kier molecular flexibility index (Phi) is 6.42. The lowest BCUT2D eigenvalue weighted by Gasteiger charge is -2.33. The second-order valence-electron chi connectivity index (χ2n) is 7.51. The van der Waals surface area contributed by atoms with Gasteiger partial charge < -0.3 is 15.2 Å². The average Bonchev–Trinajstić information content (AvgIpc) is 3.01. The maximum Gasteiger partial charge on any atom is 0.240 e. The fourth-order valence-corrected chi connectivity index (χ4v) is 4.43. The number of hydrogen-bond donors (Lipinski definition) is 1. The summed E-state index contributed by atoms with van der Waals surface area (Å²) in [5, 5.41) is 0.859. The number of nitrogens with zero attached hydrogens (tertiary/aromatic N) is 3. The highest BCUT2D eigenvalue weighted by molar-refractivity contribution is 7.99. The maximum absolute atomic E-state index is 12.7. The molecule has 1 atom stereocenters. The van der Waals surface area contributed by atoms with E-state index >= 15 is 0 Å². The number of thioether (sulfide) groups is 1. The molecule has 1 unspecified atom stereocenters. The highest BCUT2D eigenvalue weighted by Crippen LogP contribution is 2.26. The molecule has 0 spiro atoms. The summed E-state index contributed by atoms with van der Waals surface area (Å²) in [6.45, 7) is 5.89. The molecule has 0 saturated carbocycles. The molecule has 2 N–H and O–H groups in total. The number of fused-ring (bicyclic) bond motifs is 1. The van der Waals surface area contributed by atoms with Crippen LogP contribution in [0.5, 0.6) is 0 Å². The van der Waals surface area contributed by atoms with Crippen LogP contribution in [-0.4, -0.2) is 44.6 Å². The van der Waals surface area contributed by atoms with E-state index in [0.29, 0.717) is 18.9 Å². The molecule has 2 heterocycles. The molecule has 1 aliphatic rings. The van der Waals surface area contributed by atoms with Gasteiger partial charge in [-0.25, -0.2) is 4.98 Å². The Morgan fingerprint density at radius 3 is 2.81 bits per heavy atom. The molecule has 6 nitrogen and oxygen atoms in total. The number of amides is 2. The van der Waals surface area contributed by atoms with Crippen molar-refractivity contribution < 1.29 is 9.59 Å². The van der Waals surface area contributed by atoms with E-state index in [1.807, 2.05) is 18.2 Å². The molecule has 1 aromatic carbocycles. The standard InChI is InChI=1S/C20H28N4O2S/c1-14(2)10-12-24-16-8-4-3-7-15(16)22-20(24)27-13-18(25)23-11-6-5-9-17(23)19(21)26/h3-4,7-8,14,17H,5-6,9-13H2,1-2H3,(H2,21,26). The zero-order valence-corrected chi connectivity index (χ0v) is 16.9. The molecule has 1 aliphatic heterocycles. The largest absolute Gasteiger partial charge is 0.368 e. The second kappa shape index (κ2) is 8.78. The summed E-state index contributed by atoms with van der Waals surface area (Å²) in [4.78, 5) is 30.8. The normalized spacial score (nSPS) is 17.6. The van der Waals surface area contributed by atoms with Crippen LogP contribution in [0.2, 0.25) is 0 Å². The van der Waals surface area contributed by atoms with Crippen LogP contribution in [0.4, 0.5) is 0 Å². The van der Waals surface area contributed by atoms with Crippen LogP contribution in [0.15, 0.2) is 29.4 Å². The minimum absolute atomic E-state index is 0.0361. The molecule has 3 rings (SSSR count). The minimum Gasteiger partial charge on any atom is -0.368 e. The summed E-state index contributed by atoms with van der Waals surface area (Å²) >= 11 is 1.45. The Bertz CT molecular complexity index is 817. The van der Waals surface area contributed by atoms with Crippen molar-refractivity contribution in [3.8, 4) is 0 Å². The van der Waals surface area contributed by atoms with Gasteiger partial charge in [0.2, 0.25) is 11.8 Å². The van der Waals surface area contributed by atoms with Gasteiger partial charge >= 0.3 is 0 Å². The average molecular weight is 389 g/mol. The third kappa shape index (κ3) is 4.64. The fourth-order valence-electron chi connectivity index (χ4n) is 3.50. The van der Waals surface area contributed by atoms with E-state index in [9.17, 15) is 9.59 Å². The smallest absolute Gasteiger partial charge is 0.240 e. The minimum atomic E-state index is -0.466. The predicted molar refractivity (Wildman–Crippen MR) is 108 cm³/mol. The lowest BCUT2D eigenvalue weighted by atomic mass is 10.0. The van der Waals surface area contributed by atoms with Crippen molar-refractivity contribution >= 4 is 34.6 Å². The molecule has 7 heteroatoms. The van der Waals surface area contributed by atoms with Crippen LogP contribution in [-0.2, 0) is 16.1 Å². The Labute approximate surface area is 164 Å². The number of benzene rings is 1. The number of imidazole rings is 1. The number of rotatable bonds is 7. The lowest BCUT2D eigenvalue weighted by Crippen LogP contribution is -2.51. The SMILES string of the molecule is CC(C)CCn1c(SCC(=O)N2CCCCC2C(N)=O)nc2ccccc21. The van der Waals surface area contributed by atoms with Gasteiger partial charge in [-0.05, 0) is 43.7 Å². The third-order valence-electron chi connectivity index (χ3n) is 5.03. The van der Waals surface area contributed by atoms with Gasteiger partial charge in [0.1, 0.15) is 6.04 Å². The second-order valence-corrected chi connectivity index (χ2v) is 8.45. The molecule has 0 bridgehead atoms. The first kappa shape index (κ1) is 19.7. The predicted octanol–water partition coefficient (Wildman–Crippen LogP) is 3.04. The summed E-state index contributed by atoms with van der Waals surface area (Å²) in [5.41, 5.74) is 7.54. The molecule has 146 valence electrons. The summed E-state index contributed by atoms with van der Waals surface area (Å²) in [7, 11) is 0. The molecule has 1 aromatic heterocycles. The van der Waals surface area contributed by atoms with Crippen molar-refractivity contribution in [2.24, 2.45) is 11.7 Å². The number of nitrogens with two attached hydrogens (primary N) is 1. The van der Waals surface area contributed by atoms with E-state index in [0.717, 1.165) is 42.0 Å². The number of hydrogen-bond acceptors (Lipinski definition) is 4. The van der Waals surface area contributed by atoms with Gasteiger partial charge in [-0.15, -0.1) is 0 Å². The summed E-state index contributed by atoms with van der Waals surface area (Å²) in [6.07, 6.45) is 3.58. The molecule has 1 saturated heterocycles. The fraction of sp³-hybridized carbons (Fsp3) is 0.550. The van der Waals surface area contributed by atoms with Crippen molar-refractivity contribution in [1.82, 2.24) is 14.5 Å².